The lowest BCUT2D eigenvalue weighted by molar-refractivity contribution is 0.199. The van der Waals surface area contributed by atoms with Crippen molar-refractivity contribution in [3.8, 4) is 0 Å². The van der Waals surface area contributed by atoms with E-state index in [0.29, 0.717) is 31.3 Å². The summed E-state index contributed by atoms with van der Waals surface area (Å²) in [5.41, 5.74) is 2.01. The van der Waals surface area contributed by atoms with Crippen molar-refractivity contribution in [3.05, 3.63) is 28.8 Å². The van der Waals surface area contributed by atoms with Gasteiger partial charge < -0.3 is 15.0 Å². The molecule has 0 radical (unpaired) electrons. The van der Waals surface area contributed by atoms with Crippen molar-refractivity contribution in [2.75, 3.05) is 49.8 Å². The number of nitrogens with one attached hydrogen (secondary N) is 1. The molecule has 2 rings (SSSR count). The summed E-state index contributed by atoms with van der Waals surface area (Å²) in [4.78, 5) is 2.06. The van der Waals surface area contributed by atoms with Gasteiger partial charge in [-0.25, -0.2) is 8.42 Å². The number of halogens is 1. The number of hydrogen-bond acceptors (Lipinski definition) is 5. The van der Waals surface area contributed by atoms with Gasteiger partial charge in [0.25, 0.3) is 0 Å². The lowest BCUT2D eigenvalue weighted by atomic mass is 10.2. The summed E-state index contributed by atoms with van der Waals surface area (Å²) < 4.78 is 27.9. The molecule has 0 aromatic heterocycles. The first-order chi connectivity index (χ1) is 10.0. The van der Waals surface area contributed by atoms with E-state index in [1.807, 2.05) is 18.2 Å². The molecule has 0 amide bonds. The fraction of sp³-hybridized carbons (Fsp3) is 0.571. The second-order valence-corrected chi connectivity index (χ2v) is 7.79. The number of benzene rings is 1. The zero-order valence-electron chi connectivity index (χ0n) is 12.1. The van der Waals surface area contributed by atoms with Gasteiger partial charge >= 0.3 is 0 Å². The maximum absolute atomic E-state index is 11.4. The predicted molar refractivity (Wildman–Crippen MR) is 85.9 cm³/mol. The van der Waals surface area contributed by atoms with Gasteiger partial charge in [0.1, 0.15) is 0 Å². The Hall–Kier alpha value is -0.820. The summed E-state index contributed by atoms with van der Waals surface area (Å²) in [6.07, 6.45) is 0. The molecule has 1 aliphatic heterocycles. The van der Waals surface area contributed by atoms with E-state index in [2.05, 4.69) is 10.2 Å². The lowest BCUT2D eigenvalue weighted by Crippen LogP contribution is -2.40. The topological polar surface area (TPSA) is 58.6 Å². The molecule has 1 aliphatic rings. The van der Waals surface area contributed by atoms with E-state index >= 15 is 0 Å². The molecule has 7 heteroatoms. The Balaban J connectivity index is 1.95. The number of hydrogen-bond donors (Lipinski definition) is 1. The highest BCUT2D eigenvalue weighted by molar-refractivity contribution is 7.91. The first-order valence-electron chi connectivity index (χ1n) is 6.95. The van der Waals surface area contributed by atoms with Crippen LogP contribution in [0.25, 0.3) is 0 Å². The summed E-state index contributed by atoms with van der Waals surface area (Å²) in [5.74, 6) is 0.426. The van der Waals surface area contributed by atoms with Gasteiger partial charge in [0.15, 0.2) is 9.84 Å². The Kier molecular flexibility index (Phi) is 5.87. The summed E-state index contributed by atoms with van der Waals surface area (Å²) >= 11 is 6.30. The molecule has 1 fully saturated rings. The molecule has 1 N–H and O–H groups in total. The third kappa shape index (κ3) is 4.85. The third-order valence-corrected chi connectivity index (χ3v) is 5.51. The Labute approximate surface area is 131 Å². The minimum absolute atomic E-state index is 0.213. The van der Waals surface area contributed by atoms with Gasteiger partial charge in [0.05, 0.1) is 18.1 Å². The van der Waals surface area contributed by atoms with E-state index in [0.717, 1.165) is 17.8 Å². The van der Waals surface area contributed by atoms with Crippen molar-refractivity contribution >= 4 is 27.1 Å². The normalized spacial score (nSPS) is 17.9. The first-order valence-corrected chi connectivity index (χ1v) is 9.15. The number of methoxy groups -OCH3 is 1. The summed E-state index contributed by atoms with van der Waals surface area (Å²) in [6, 6.07) is 5.89. The van der Waals surface area contributed by atoms with Gasteiger partial charge in [-0.1, -0.05) is 17.7 Å². The average Bonchev–Trinajstić information content (AvgIpc) is 2.45. The molecule has 1 aromatic rings. The van der Waals surface area contributed by atoms with E-state index in [1.165, 1.54) is 0 Å². The van der Waals surface area contributed by atoms with Crippen LogP contribution in [0.3, 0.4) is 0 Å². The van der Waals surface area contributed by atoms with E-state index in [1.54, 1.807) is 7.11 Å². The van der Waals surface area contributed by atoms with Gasteiger partial charge in [-0.2, -0.15) is 0 Å². The number of nitrogens with zero attached hydrogens (tertiary/aromatic N) is 1. The minimum atomic E-state index is -2.86. The molecule has 21 heavy (non-hydrogen) atoms. The van der Waals surface area contributed by atoms with Crippen LogP contribution < -0.4 is 10.2 Å². The molecule has 0 spiro atoms. The Morgan fingerprint density at radius 3 is 2.67 bits per heavy atom. The number of sulfone groups is 1. The monoisotopic (exact) mass is 332 g/mol. The van der Waals surface area contributed by atoms with Crippen molar-refractivity contribution < 1.29 is 13.2 Å². The lowest BCUT2D eigenvalue weighted by Gasteiger charge is -2.29. The number of anilines is 1. The van der Waals surface area contributed by atoms with E-state index in [-0.39, 0.29) is 11.5 Å². The maximum atomic E-state index is 11.4. The largest absolute Gasteiger partial charge is 0.383 e. The van der Waals surface area contributed by atoms with Crippen LogP contribution in [-0.2, 0) is 21.1 Å². The molecule has 0 aliphatic carbocycles. The van der Waals surface area contributed by atoms with Gasteiger partial charge in [-0.15, -0.1) is 0 Å². The van der Waals surface area contributed by atoms with Crippen LogP contribution in [0.4, 0.5) is 5.69 Å². The predicted octanol–water partition coefficient (Wildman–Crippen LogP) is 1.31. The zero-order valence-corrected chi connectivity index (χ0v) is 13.7. The Bertz CT molecular complexity index is 564. The molecular weight excluding hydrogens is 312 g/mol. The fourth-order valence-electron chi connectivity index (χ4n) is 2.24. The molecule has 118 valence electrons. The van der Waals surface area contributed by atoms with Gasteiger partial charge in [0.2, 0.25) is 0 Å². The molecule has 0 saturated carbocycles. The molecule has 1 heterocycles. The van der Waals surface area contributed by atoms with Crippen molar-refractivity contribution in [1.29, 1.82) is 0 Å². The van der Waals surface area contributed by atoms with Crippen molar-refractivity contribution in [1.82, 2.24) is 5.32 Å². The quantitative estimate of drug-likeness (QED) is 0.796. The van der Waals surface area contributed by atoms with E-state index in [4.69, 9.17) is 16.3 Å². The SMILES string of the molecule is COCCNCc1ccc(N2CCS(=O)(=O)CC2)cc1Cl. The van der Waals surface area contributed by atoms with Crippen LogP contribution in [0.15, 0.2) is 18.2 Å². The number of rotatable bonds is 6. The molecule has 1 aromatic carbocycles. The number of ether oxygens (including phenoxy) is 1. The van der Waals surface area contributed by atoms with Crippen LogP contribution in [0.5, 0.6) is 0 Å². The molecular formula is C14H21ClN2O3S. The average molecular weight is 333 g/mol. The minimum Gasteiger partial charge on any atom is -0.383 e. The standard InChI is InChI=1S/C14H21ClN2O3S/c1-20-7-4-16-11-12-2-3-13(10-14(12)15)17-5-8-21(18,19)9-6-17/h2-3,10,16H,4-9,11H2,1H3. The van der Waals surface area contributed by atoms with Crippen LogP contribution >= 0.6 is 11.6 Å². The molecule has 0 unspecified atom stereocenters. The summed E-state index contributed by atoms with van der Waals surface area (Å²) in [6.45, 7) is 3.20. The smallest absolute Gasteiger partial charge is 0.153 e. The van der Waals surface area contributed by atoms with Crippen LogP contribution in [0.1, 0.15) is 5.56 Å². The molecule has 0 atom stereocenters. The fourth-order valence-corrected chi connectivity index (χ4v) is 3.69. The van der Waals surface area contributed by atoms with Crippen molar-refractivity contribution in [2.24, 2.45) is 0 Å². The van der Waals surface area contributed by atoms with Crippen molar-refractivity contribution in [3.63, 3.8) is 0 Å². The maximum Gasteiger partial charge on any atom is 0.153 e. The van der Waals surface area contributed by atoms with E-state index < -0.39 is 9.84 Å². The van der Waals surface area contributed by atoms with Gasteiger partial charge in [0, 0.05) is 44.0 Å². The summed E-state index contributed by atoms with van der Waals surface area (Å²) in [5, 5.41) is 3.95. The van der Waals surface area contributed by atoms with Crippen LogP contribution in [-0.4, -0.2) is 53.3 Å². The Morgan fingerprint density at radius 2 is 2.05 bits per heavy atom. The molecule has 1 saturated heterocycles. The second-order valence-electron chi connectivity index (χ2n) is 5.08. The highest BCUT2D eigenvalue weighted by Gasteiger charge is 2.22. The zero-order chi connectivity index (χ0) is 15.3. The Morgan fingerprint density at radius 1 is 1.33 bits per heavy atom. The van der Waals surface area contributed by atoms with Crippen LogP contribution in [0, 0.1) is 0 Å². The summed E-state index contributed by atoms with van der Waals surface area (Å²) in [7, 11) is -1.19. The highest BCUT2D eigenvalue weighted by Crippen LogP contribution is 2.25. The second kappa shape index (κ2) is 7.45. The van der Waals surface area contributed by atoms with Gasteiger partial charge in [-0.3, -0.25) is 0 Å². The third-order valence-electron chi connectivity index (χ3n) is 3.54. The highest BCUT2D eigenvalue weighted by atomic mass is 35.5. The molecule has 5 nitrogen and oxygen atoms in total. The van der Waals surface area contributed by atoms with Gasteiger partial charge in [-0.05, 0) is 17.7 Å². The van der Waals surface area contributed by atoms with Crippen LogP contribution in [0.2, 0.25) is 5.02 Å². The van der Waals surface area contributed by atoms with Crippen molar-refractivity contribution in [2.45, 2.75) is 6.54 Å². The molecule has 0 bridgehead atoms. The first kappa shape index (κ1) is 16.5. The van der Waals surface area contributed by atoms with E-state index in [9.17, 15) is 8.42 Å².